The van der Waals surface area contributed by atoms with E-state index >= 15 is 0 Å². The maximum atomic E-state index is 11.5. The molecule has 2 atom stereocenters. The van der Waals surface area contributed by atoms with Crippen LogP contribution in [0.3, 0.4) is 0 Å². The van der Waals surface area contributed by atoms with Gasteiger partial charge in [0.25, 0.3) is 0 Å². The lowest BCUT2D eigenvalue weighted by molar-refractivity contribution is -0.109. The van der Waals surface area contributed by atoms with Gasteiger partial charge in [0.05, 0.1) is 10.4 Å². The van der Waals surface area contributed by atoms with Crippen LogP contribution in [0.25, 0.3) is 0 Å². The van der Waals surface area contributed by atoms with E-state index in [1.807, 2.05) is 12.1 Å². The van der Waals surface area contributed by atoms with Gasteiger partial charge in [-0.15, -0.1) is 0 Å². The third-order valence-electron chi connectivity index (χ3n) is 5.75. The van der Waals surface area contributed by atoms with Gasteiger partial charge in [-0.1, -0.05) is 41.5 Å². The van der Waals surface area contributed by atoms with Gasteiger partial charge in [0, 0.05) is 19.1 Å². The summed E-state index contributed by atoms with van der Waals surface area (Å²) >= 11 is 3.55. The monoisotopic (exact) mass is 472 g/mol. The van der Waals surface area contributed by atoms with Gasteiger partial charge in [0.1, 0.15) is 17.8 Å². The minimum absolute atomic E-state index is 0.122. The SMILES string of the molecule is COCOc1c(Br)ccc2c1[C@H](CC=O)[C@@H](O[Si](C(C)C)(C(C)C)C(C)C)O2. The first-order valence-electron chi connectivity index (χ1n) is 9.92. The number of rotatable bonds is 10. The van der Waals surface area contributed by atoms with Gasteiger partial charge in [-0.25, -0.2) is 0 Å². The highest BCUT2D eigenvalue weighted by Crippen LogP contribution is 2.52. The van der Waals surface area contributed by atoms with Crippen LogP contribution in [0.2, 0.25) is 16.6 Å². The summed E-state index contributed by atoms with van der Waals surface area (Å²) < 4.78 is 24.9. The Morgan fingerprint density at radius 3 is 2.25 bits per heavy atom. The molecule has 0 spiro atoms. The molecular weight excluding hydrogens is 440 g/mol. The number of carbonyl (C=O) groups is 1. The van der Waals surface area contributed by atoms with Crippen LogP contribution in [0, 0.1) is 0 Å². The molecule has 7 heteroatoms. The zero-order valence-corrected chi connectivity index (χ0v) is 20.5. The van der Waals surface area contributed by atoms with Crippen LogP contribution in [0.4, 0.5) is 0 Å². The van der Waals surface area contributed by atoms with E-state index < -0.39 is 14.6 Å². The summed E-state index contributed by atoms with van der Waals surface area (Å²) in [4.78, 5) is 11.5. The van der Waals surface area contributed by atoms with Gasteiger partial charge in [-0.2, -0.15) is 0 Å². The molecule has 28 heavy (non-hydrogen) atoms. The van der Waals surface area contributed by atoms with Gasteiger partial charge in [0.15, 0.2) is 13.1 Å². The molecule has 5 nitrogen and oxygen atoms in total. The largest absolute Gasteiger partial charge is 0.466 e. The molecule has 1 aliphatic heterocycles. The lowest BCUT2D eigenvalue weighted by Crippen LogP contribution is -2.51. The van der Waals surface area contributed by atoms with Crippen molar-refractivity contribution in [1.82, 2.24) is 0 Å². The van der Waals surface area contributed by atoms with Crippen LogP contribution < -0.4 is 9.47 Å². The van der Waals surface area contributed by atoms with Crippen molar-refractivity contribution in [2.75, 3.05) is 13.9 Å². The highest BCUT2D eigenvalue weighted by Gasteiger charge is 2.50. The van der Waals surface area contributed by atoms with Crippen molar-refractivity contribution in [3.05, 3.63) is 22.2 Å². The van der Waals surface area contributed by atoms with Gasteiger partial charge < -0.3 is 23.4 Å². The summed E-state index contributed by atoms with van der Waals surface area (Å²) in [6, 6.07) is 3.80. The number of methoxy groups -OCH3 is 1. The maximum Gasteiger partial charge on any atom is 0.205 e. The molecule has 0 radical (unpaired) electrons. The quantitative estimate of drug-likeness (QED) is 0.237. The number of aldehydes is 1. The standard InChI is InChI=1S/C21H33BrO5Si/c1-13(2)28(14(3)4,15(5)6)27-21-16(10-11-23)19-18(26-21)9-8-17(22)20(19)25-12-24-7/h8-9,11,13-16,21H,10,12H2,1-7H3/t16-,21+/m0/s1. The predicted molar refractivity (Wildman–Crippen MR) is 117 cm³/mol. The van der Waals surface area contributed by atoms with E-state index in [2.05, 4.69) is 57.5 Å². The van der Waals surface area contributed by atoms with Crippen LogP contribution in [-0.2, 0) is 14.0 Å². The van der Waals surface area contributed by atoms with Crippen molar-refractivity contribution >= 4 is 30.5 Å². The van der Waals surface area contributed by atoms with Gasteiger partial charge in [-0.3, -0.25) is 0 Å². The Morgan fingerprint density at radius 2 is 1.75 bits per heavy atom. The van der Waals surface area contributed by atoms with E-state index in [0.29, 0.717) is 34.5 Å². The van der Waals surface area contributed by atoms with Crippen molar-refractivity contribution in [3.8, 4) is 11.5 Å². The second kappa shape index (κ2) is 9.74. The average Bonchev–Trinajstić information content (AvgIpc) is 2.96. The van der Waals surface area contributed by atoms with Crippen LogP contribution in [0.15, 0.2) is 16.6 Å². The van der Waals surface area contributed by atoms with E-state index in [0.717, 1.165) is 16.3 Å². The fraction of sp³-hybridized carbons (Fsp3) is 0.667. The number of halogens is 1. The third-order valence-corrected chi connectivity index (χ3v) is 12.4. The van der Waals surface area contributed by atoms with Crippen LogP contribution in [-0.4, -0.2) is 34.8 Å². The average molecular weight is 473 g/mol. The molecule has 1 heterocycles. The number of hydrogen-bond acceptors (Lipinski definition) is 5. The molecule has 2 rings (SSSR count). The molecule has 0 saturated carbocycles. The molecule has 0 aromatic heterocycles. The van der Waals surface area contributed by atoms with Crippen LogP contribution in [0.1, 0.15) is 59.4 Å². The molecule has 0 fully saturated rings. The second-order valence-electron chi connectivity index (χ2n) is 8.27. The molecule has 1 aromatic rings. The Morgan fingerprint density at radius 1 is 1.14 bits per heavy atom. The minimum Gasteiger partial charge on any atom is -0.466 e. The Hall–Kier alpha value is -0.893. The van der Waals surface area contributed by atoms with Crippen LogP contribution >= 0.6 is 15.9 Å². The topological polar surface area (TPSA) is 54.0 Å². The normalized spacial score (nSPS) is 19.2. The zero-order chi connectivity index (χ0) is 21.1. The molecule has 0 N–H and O–H groups in total. The Kier molecular flexibility index (Phi) is 8.13. The summed E-state index contributed by atoms with van der Waals surface area (Å²) in [5, 5.41) is 0. The first-order valence-corrected chi connectivity index (χ1v) is 12.9. The van der Waals surface area contributed by atoms with E-state index in [1.54, 1.807) is 7.11 Å². The lowest BCUT2D eigenvalue weighted by Gasteiger charge is -2.44. The van der Waals surface area contributed by atoms with Crippen LogP contribution in [0.5, 0.6) is 11.5 Å². The second-order valence-corrected chi connectivity index (χ2v) is 14.5. The molecular formula is C21H33BrO5Si. The van der Waals surface area contributed by atoms with E-state index in [9.17, 15) is 4.79 Å². The van der Waals surface area contributed by atoms with Gasteiger partial charge in [0.2, 0.25) is 8.32 Å². The number of ether oxygens (including phenoxy) is 3. The molecule has 158 valence electrons. The number of fused-ring (bicyclic) bond motifs is 1. The van der Waals surface area contributed by atoms with Crippen molar-refractivity contribution in [3.63, 3.8) is 0 Å². The van der Waals surface area contributed by atoms with Gasteiger partial charge >= 0.3 is 0 Å². The Balaban J connectivity index is 2.47. The fourth-order valence-corrected chi connectivity index (χ4v) is 10.6. The van der Waals surface area contributed by atoms with E-state index in [4.69, 9.17) is 18.6 Å². The van der Waals surface area contributed by atoms with Crippen molar-refractivity contribution in [1.29, 1.82) is 0 Å². The summed E-state index contributed by atoms with van der Waals surface area (Å²) in [6.07, 6.45) is 0.762. The third kappa shape index (κ3) is 4.32. The van der Waals surface area contributed by atoms with Crippen molar-refractivity contribution < 1.29 is 23.4 Å². The number of hydrogen-bond donors (Lipinski definition) is 0. The molecule has 0 unspecified atom stereocenters. The predicted octanol–water partition coefficient (Wildman–Crippen LogP) is 6.02. The number of carbonyl (C=O) groups excluding carboxylic acids is 1. The Bertz CT molecular complexity index is 655. The summed E-state index contributed by atoms with van der Waals surface area (Å²) in [5.74, 6) is 1.16. The number of benzene rings is 1. The highest BCUT2D eigenvalue weighted by atomic mass is 79.9. The molecule has 1 aromatic carbocycles. The highest BCUT2D eigenvalue weighted by molar-refractivity contribution is 9.10. The van der Waals surface area contributed by atoms with Gasteiger partial charge in [-0.05, 0) is 44.7 Å². The first-order chi connectivity index (χ1) is 13.2. The zero-order valence-electron chi connectivity index (χ0n) is 18.0. The van der Waals surface area contributed by atoms with Crippen molar-refractivity contribution in [2.45, 2.75) is 76.8 Å². The molecule has 0 bridgehead atoms. The summed E-state index contributed by atoms with van der Waals surface area (Å²) in [5.41, 5.74) is 2.15. The Labute approximate surface area is 178 Å². The molecule has 1 aliphatic rings. The molecule has 0 saturated heterocycles. The lowest BCUT2D eigenvalue weighted by atomic mass is 9.96. The molecule has 0 amide bonds. The van der Waals surface area contributed by atoms with E-state index in [-0.39, 0.29) is 12.7 Å². The van der Waals surface area contributed by atoms with Crippen molar-refractivity contribution in [2.24, 2.45) is 0 Å². The summed E-state index contributed by atoms with van der Waals surface area (Å²) in [7, 11) is -0.597. The van der Waals surface area contributed by atoms with E-state index in [1.165, 1.54) is 0 Å². The molecule has 0 aliphatic carbocycles. The summed E-state index contributed by atoms with van der Waals surface area (Å²) in [6.45, 7) is 13.6. The maximum absolute atomic E-state index is 11.5. The fourth-order valence-electron chi connectivity index (χ4n) is 4.66. The smallest absolute Gasteiger partial charge is 0.205 e. The first kappa shape index (κ1) is 23.4. The minimum atomic E-state index is -2.18.